The Balaban J connectivity index is 2.06. The van der Waals surface area contributed by atoms with Crippen molar-refractivity contribution in [1.29, 1.82) is 0 Å². The molecule has 3 N–H and O–H groups in total. The first-order valence-corrected chi connectivity index (χ1v) is 8.72. The Morgan fingerprint density at radius 1 is 1.43 bits per heavy atom. The van der Waals surface area contributed by atoms with Crippen molar-refractivity contribution >= 4 is 23.4 Å². The molecule has 1 heterocycles. The average molecular weight is 307 g/mol. The molecule has 5 heteroatoms. The maximum absolute atomic E-state index is 11.9. The van der Waals surface area contributed by atoms with Crippen LogP contribution < -0.4 is 11.1 Å². The molecule has 4 nitrogen and oxygen atoms in total. The van der Waals surface area contributed by atoms with Crippen LogP contribution in [0.2, 0.25) is 0 Å². The van der Waals surface area contributed by atoms with E-state index in [9.17, 15) is 4.79 Å². The lowest BCUT2D eigenvalue weighted by atomic mass is 10.1. The molecular formula is C16H25N3OS. The first kappa shape index (κ1) is 16.3. The zero-order chi connectivity index (χ0) is 15.2. The first-order valence-electron chi connectivity index (χ1n) is 7.57. The molecule has 1 atom stereocenters. The van der Waals surface area contributed by atoms with Crippen molar-refractivity contribution in [2.45, 2.75) is 32.9 Å². The van der Waals surface area contributed by atoms with Gasteiger partial charge in [0, 0.05) is 36.8 Å². The van der Waals surface area contributed by atoms with Gasteiger partial charge in [-0.2, -0.15) is 11.8 Å². The van der Waals surface area contributed by atoms with Gasteiger partial charge in [0.25, 0.3) is 0 Å². The Bertz CT molecular complexity index is 486. The van der Waals surface area contributed by atoms with Gasteiger partial charge in [-0.15, -0.1) is 0 Å². The molecule has 0 aliphatic carbocycles. The summed E-state index contributed by atoms with van der Waals surface area (Å²) < 4.78 is 0. The number of carbonyl (C=O) groups is 1. The smallest absolute Gasteiger partial charge is 0.241 e. The van der Waals surface area contributed by atoms with Crippen LogP contribution in [0.3, 0.4) is 0 Å². The van der Waals surface area contributed by atoms with E-state index in [1.54, 1.807) is 0 Å². The molecule has 0 unspecified atom stereocenters. The number of thioether (sulfide) groups is 1. The number of anilines is 1. The lowest BCUT2D eigenvalue weighted by Crippen LogP contribution is -2.35. The van der Waals surface area contributed by atoms with Gasteiger partial charge in [-0.1, -0.05) is 19.1 Å². The van der Waals surface area contributed by atoms with E-state index in [0.29, 0.717) is 6.42 Å². The molecule has 21 heavy (non-hydrogen) atoms. The lowest BCUT2D eigenvalue weighted by Gasteiger charge is -2.27. The topological polar surface area (TPSA) is 58.4 Å². The highest BCUT2D eigenvalue weighted by Gasteiger charge is 2.15. The van der Waals surface area contributed by atoms with Crippen LogP contribution in [0.15, 0.2) is 18.2 Å². The SMILES string of the molecule is CC[C@H](N)C(=O)Nc1cccc(CN2CCSCC2)c1C. The summed E-state index contributed by atoms with van der Waals surface area (Å²) in [6, 6.07) is 5.67. The average Bonchev–Trinajstić information content (AvgIpc) is 2.51. The van der Waals surface area contributed by atoms with Gasteiger partial charge < -0.3 is 11.1 Å². The number of amides is 1. The fraction of sp³-hybridized carbons (Fsp3) is 0.562. The largest absolute Gasteiger partial charge is 0.324 e. The summed E-state index contributed by atoms with van der Waals surface area (Å²) >= 11 is 2.02. The van der Waals surface area contributed by atoms with Crippen LogP contribution in [0.25, 0.3) is 0 Å². The third kappa shape index (κ3) is 4.46. The van der Waals surface area contributed by atoms with Crippen LogP contribution in [-0.4, -0.2) is 41.4 Å². The predicted octanol–water partition coefficient (Wildman–Crippen LogP) is 2.22. The zero-order valence-corrected chi connectivity index (χ0v) is 13.7. The van der Waals surface area contributed by atoms with E-state index in [-0.39, 0.29) is 5.91 Å². The van der Waals surface area contributed by atoms with Crippen LogP contribution >= 0.6 is 11.8 Å². The molecule has 0 spiro atoms. The third-order valence-corrected chi connectivity index (χ3v) is 4.92. The van der Waals surface area contributed by atoms with E-state index in [1.165, 1.54) is 17.1 Å². The summed E-state index contributed by atoms with van der Waals surface area (Å²) in [6.07, 6.45) is 0.649. The van der Waals surface area contributed by atoms with E-state index < -0.39 is 6.04 Å². The molecule has 116 valence electrons. The quantitative estimate of drug-likeness (QED) is 0.876. The minimum atomic E-state index is -0.438. The molecule has 2 rings (SSSR count). The normalized spacial score (nSPS) is 17.5. The van der Waals surface area contributed by atoms with Crippen molar-refractivity contribution in [2.75, 3.05) is 29.9 Å². The van der Waals surface area contributed by atoms with Gasteiger partial charge in [-0.3, -0.25) is 9.69 Å². The molecule has 0 saturated carbocycles. The van der Waals surface area contributed by atoms with Crippen molar-refractivity contribution in [1.82, 2.24) is 4.90 Å². The Labute approximate surface area is 131 Å². The van der Waals surface area contributed by atoms with Gasteiger partial charge >= 0.3 is 0 Å². The van der Waals surface area contributed by atoms with Gasteiger partial charge in [0.15, 0.2) is 0 Å². The van der Waals surface area contributed by atoms with Crippen molar-refractivity contribution in [3.63, 3.8) is 0 Å². The number of carbonyl (C=O) groups excluding carboxylic acids is 1. The highest BCUT2D eigenvalue weighted by Crippen LogP contribution is 2.22. The summed E-state index contributed by atoms with van der Waals surface area (Å²) in [5.74, 6) is 2.31. The molecule has 1 aliphatic heterocycles. The fourth-order valence-corrected chi connectivity index (χ4v) is 3.38. The monoisotopic (exact) mass is 307 g/mol. The molecule has 1 fully saturated rings. The lowest BCUT2D eigenvalue weighted by molar-refractivity contribution is -0.117. The van der Waals surface area contributed by atoms with Crippen LogP contribution in [-0.2, 0) is 11.3 Å². The highest BCUT2D eigenvalue weighted by molar-refractivity contribution is 7.99. The summed E-state index contributed by atoms with van der Waals surface area (Å²) in [6.45, 7) is 7.22. The van der Waals surface area contributed by atoms with E-state index in [0.717, 1.165) is 30.9 Å². The van der Waals surface area contributed by atoms with Gasteiger partial charge in [0.05, 0.1) is 6.04 Å². The van der Waals surface area contributed by atoms with E-state index >= 15 is 0 Å². The molecule has 1 aromatic rings. The summed E-state index contributed by atoms with van der Waals surface area (Å²) in [7, 11) is 0. The number of nitrogens with one attached hydrogen (secondary N) is 1. The molecule has 1 aromatic carbocycles. The van der Waals surface area contributed by atoms with E-state index in [4.69, 9.17) is 5.73 Å². The maximum atomic E-state index is 11.9. The Kier molecular flexibility index (Phi) is 6.08. The Morgan fingerprint density at radius 2 is 2.14 bits per heavy atom. The summed E-state index contributed by atoms with van der Waals surface area (Å²) in [5.41, 5.74) is 9.09. The number of rotatable bonds is 5. The standard InChI is InChI=1S/C16H25N3OS/c1-3-14(17)16(20)18-15-6-4-5-13(12(15)2)11-19-7-9-21-10-8-19/h4-6,14H,3,7-11,17H2,1-2H3,(H,18,20)/t14-/m0/s1. The predicted molar refractivity (Wildman–Crippen MR) is 90.7 cm³/mol. The fourth-order valence-electron chi connectivity index (χ4n) is 2.40. The van der Waals surface area contributed by atoms with Gasteiger partial charge in [0.2, 0.25) is 5.91 Å². The second kappa shape index (κ2) is 7.82. The van der Waals surface area contributed by atoms with Gasteiger partial charge in [-0.05, 0) is 30.5 Å². The van der Waals surface area contributed by atoms with Crippen LogP contribution in [0.5, 0.6) is 0 Å². The van der Waals surface area contributed by atoms with Gasteiger partial charge in [0.1, 0.15) is 0 Å². The molecule has 0 bridgehead atoms. The van der Waals surface area contributed by atoms with Crippen LogP contribution in [0, 0.1) is 6.92 Å². The van der Waals surface area contributed by atoms with Crippen molar-refractivity contribution < 1.29 is 4.79 Å². The number of nitrogens with zero attached hydrogens (tertiary/aromatic N) is 1. The molecule has 1 amide bonds. The zero-order valence-electron chi connectivity index (χ0n) is 12.9. The Hall–Kier alpha value is -1.04. The number of hydrogen-bond acceptors (Lipinski definition) is 4. The minimum absolute atomic E-state index is 0.105. The highest BCUT2D eigenvalue weighted by atomic mass is 32.2. The maximum Gasteiger partial charge on any atom is 0.241 e. The molecular weight excluding hydrogens is 282 g/mol. The van der Waals surface area contributed by atoms with Crippen molar-refractivity contribution in [2.24, 2.45) is 5.73 Å². The molecule has 1 saturated heterocycles. The second-order valence-electron chi connectivity index (χ2n) is 5.48. The molecule has 1 aliphatic rings. The number of nitrogens with two attached hydrogens (primary N) is 1. The summed E-state index contributed by atoms with van der Waals surface area (Å²) in [5, 5.41) is 2.95. The second-order valence-corrected chi connectivity index (χ2v) is 6.71. The van der Waals surface area contributed by atoms with Crippen molar-refractivity contribution in [3.05, 3.63) is 29.3 Å². The molecule has 0 radical (unpaired) electrons. The molecule has 0 aromatic heterocycles. The van der Waals surface area contributed by atoms with Gasteiger partial charge in [-0.25, -0.2) is 0 Å². The number of hydrogen-bond donors (Lipinski definition) is 2. The summed E-state index contributed by atoms with van der Waals surface area (Å²) in [4.78, 5) is 14.4. The van der Waals surface area contributed by atoms with E-state index in [2.05, 4.69) is 23.2 Å². The van der Waals surface area contributed by atoms with Crippen LogP contribution in [0.4, 0.5) is 5.69 Å². The Morgan fingerprint density at radius 3 is 2.81 bits per heavy atom. The third-order valence-electron chi connectivity index (χ3n) is 3.98. The number of benzene rings is 1. The van der Waals surface area contributed by atoms with Crippen molar-refractivity contribution in [3.8, 4) is 0 Å². The minimum Gasteiger partial charge on any atom is -0.324 e. The van der Waals surface area contributed by atoms with Crippen LogP contribution in [0.1, 0.15) is 24.5 Å². The first-order chi connectivity index (χ1) is 10.1. The van der Waals surface area contributed by atoms with E-state index in [1.807, 2.05) is 30.8 Å².